The smallest absolute Gasteiger partial charge is 0.231 e. The molecule has 0 saturated heterocycles. The van der Waals surface area contributed by atoms with Crippen molar-refractivity contribution in [1.29, 1.82) is 0 Å². The van der Waals surface area contributed by atoms with Gasteiger partial charge in [0.1, 0.15) is 16.3 Å². The number of hydrogen-bond donors (Lipinski definition) is 1. The predicted octanol–water partition coefficient (Wildman–Crippen LogP) is 5.35. The summed E-state index contributed by atoms with van der Waals surface area (Å²) in [6, 6.07) is 15.7. The van der Waals surface area contributed by atoms with Crippen molar-refractivity contribution in [2.24, 2.45) is 0 Å². The van der Waals surface area contributed by atoms with E-state index in [1.807, 2.05) is 67.8 Å². The van der Waals surface area contributed by atoms with E-state index in [-0.39, 0.29) is 12.3 Å². The monoisotopic (exact) mass is 362 g/mol. The Morgan fingerprint density at radius 3 is 2.65 bits per heavy atom. The van der Waals surface area contributed by atoms with Gasteiger partial charge in [-0.15, -0.1) is 11.3 Å². The maximum absolute atomic E-state index is 12.3. The average molecular weight is 362 g/mol. The molecule has 0 aliphatic rings. The number of thiazole rings is 1. The first kappa shape index (κ1) is 16.5. The number of nitrogens with zero attached hydrogens (tertiary/aromatic N) is 1. The van der Waals surface area contributed by atoms with Gasteiger partial charge in [-0.3, -0.25) is 4.79 Å². The van der Waals surface area contributed by atoms with E-state index in [9.17, 15) is 4.79 Å². The third kappa shape index (κ3) is 3.26. The predicted molar refractivity (Wildman–Crippen MR) is 106 cm³/mol. The summed E-state index contributed by atoms with van der Waals surface area (Å²) >= 11 is 1.47. The number of benzene rings is 2. The molecule has 4 rings (SSSR count). The van der Waals surface area contributed by atoms with Crippen LogP contribution < -0.4 is 5.32 Å². The number of furan rings is 1. The van der Waals surface area contributed by atoms with Crippen molar-refractivity contribution in [3.63, 3.8) is 0 Å². The van der Waals surface area contributed by atoms with Gasteiger partial charge in [0.25, 0.3) is 0 Å². The Bertz CT molecular complexity index is 1080. The van der Waals surface area contributed by atoms with Gasteiger partial charge in [-0.1, -0.05) is 35.9 Å². The Labute approximate surface area is 155 Å². The first-order valence-corrected chi connectivity index (χ1v) is 9.27. The minimum Gasteiger partial charge on any atom is -0.454 e. The van der Waals surface area contributed by atoms with E-state index in [0.717, 1.165) is 44.2 Å². The fraction of sp³-hybridized carbons (Fsp3) is 0.143. The van der Waals surface area contributed by atoms with E-state index in [1.165, 1.54) is 11.3 Å². The lowest BCUT2D eigenvalue weighted by atomic mass is 10.1. The number of carbonyl (C=O) groups excluding carboxylic acids is 1. The molecule has 0 atom stereocenters. The number of aryl methyl sites for hydroxylation is 2. The van der Waals surface area contributed by atoms with Crippen LogP contribution in [-0.4, -0.2) is 10.9 Å². The average Bonchev–Trinajstić information content (AvgIpc) is 3.22. The summed E-state index contributed by atoms with van der Waals surface area (Å²) in [6.07, 6.45) is 0.248. The first-order chi connectivity index (χ1) is 12.6. The van der Waals surface area contributed by atoms with Crippen LogP contribution in [0.1, 0.15) is 16.1 Å². The van der Waals surface area contributed by atoms with Crippen molar-refractivity contribution in [2.75, 3.05) is 5.32 Å². The maximum Gasteiger partial charge on any atom is 0.231 e. The molecule has 2 aromatic heterocycles. The van der Waals surface area contributed by atoms with Crippen molar-refractivity contribution in [3.8, 4) is 11.5 Å². The molecular weight excluding hydrogens is 344 g/mol. The molecular formula is C21H18N2O2S. The van der Waals surface area contributed by atoms with Gasteiger partial charge in [0.05, 0.1) is 6.42 Å². The van der Waals surface area contributed by atoms with Gasteiger partial charge in [0, 0.05) is 22.0 Å². The summed E-state index contributed by atoms with van der Waals surface area (Å²) in [5.74, 6) is 0.698. The van der Waals surface area contributed by atoms with Crippen LogP contribution in [0.5, 0.6) is 0 Å². The Morgan fingerprint density at radius 1 is 1.12 bits per heavy atom. The van der Waals surface area contributed by atoms with Crippen molar-refractivity contribution in [3.05, 3.63) is 70.0 Å². The SMILES string of the molecule is Cc1ccc(NC(=O)Cc2nc(-c3oc4ccccc4c3C)cs2)cc1. The third-order valence-electron chi connectivity index (χ3n) is 4.28. The summed E-state index contributed by atoms with van der Waals surface area (Å²) in [4.78, 5) is 16.8. The maximum atomic E-state index is 12.3. The molecule has 1 amide bonds. The van der Waals surface area contributed by atoms with E-state index in [4.69, 9.17) is 4.42 Å². The lowest BCUT2D eigenvalue weighted by Gasteiger charge is -2.04. The molecule has 0 unspecified atom stereocenters. The van der Waals surface area contributed by atoms with Crippen molar-refractivity contribution < 1.29 is 9.21 Å². The fourth-order valence-corrected chi connectivity index (χ4v) is 3.67. The molecule has 0 aliphatic heterocycles. The highest BCUT2D eigenvalue weighted by Gasteiger charge is 2.16. The van der Waals surface area contributed by atoms with Gasteiger partial charge in [-0.05, 0) is 32.0 Å². The number of para-hydroxylation sites is 1. The van der Waals surface area contributed by atoms with Crippen molar-refractivity contribution >= 4 is 33.9 Å². The molecule has 2 heterocycles. The van der Waals surface area contributed by atoms with Crippen LogP contribution in [0, 0.1) is 13.8 Å². The molecule has 2 aromatic carbocycles. The molecule has 0 aliphatic carbocycles. The highest BCUT2D eigenvalue weighted by atomic mass is 32.1. The molecule has 0 radical (unpaired) electrons. The van der Waals surface area contributed by atoms with Crippen LogP contribution in [0.2, 0.25) is 0 Å². The number of hydrogen-bond acceptors (Lipinski definition) is 4. The zero-order chi connectivity index (χ0) is 18.1. The minimum atomic E-state index is -0.0731. The molecule has 0 fully saturated rings. The number of amides is 1. The topological polar surface area (TPSA) is 55.1 Å². The number of anilines is 1. The summed E-state index contributed by atoms with van der Waals surface area (Å²) < 4.78 is 5.95. The van der Waals surface area contributed by atoms with E-state index in [2.05, 4.69) is 10.3 Å². The van der Waals surface area contributed by atoms with Gasteiger partial charge in [0.2, 0.25) is 5.91 Å². The van der Waals surface area contributed by atoms with Gasteiger partial charge in [-0.2, -0.15) is 0 Å². The largest absolute Gasteiger partial charge is 0.454 e. The third-order valence-corrected chi connectivity index (χ3v) is 5.12. The van der Waals surface area contributed by atoms with E-state index < -0.39 is 0 Å². The minimum absolute atomic E-state index is 0.0731. The Morgan fingerprint density at radius 2 is 1.88 bits per heavy atom. The number of carbonyl (C=O) groups is 1. The highest BCUT2D eigenvalue weighted by Crippen LogP contribution is 2.33. The van der Waals surface area contributed by atoms with Crippen LogP contribution in [0.25, 0.3) is 22.4 Å². The van der Waals surface area contributed by atoms with Gasteiger partial charge in [0.15, 0.2) is 5.76 Å². The number of aromatic nitrogens is 1. The number of rotatable bonds is 4. The first-order valence-electron chi connectivity index (χ1n) is 8.39. The van der Waals surface area contributed by atoms with Crippen LogP contribution in [0.4, 0.5) is 5.69 Å². The number of fused-ring (bicyclic) bond motifs is 1. The second kappa shape index (κ2) is 6.77. The Hall–Kier alpha value is -2.92. The number of nitrogens with one attached hydrogen (secondary N) is 1. The molecule has 0 saturated carbocycles. The van der Waals surface area contributed by atoms with Gasteiger partial charge in [-0.25, -0.2) is 4.98 Å². The molecule has 26 heavy (non-hydrogen) atoms. The second-order valence-corrected chi connectivity index (χ2v) is 7.21. The zero-order valence-corrected chi connectivity index (χ0v) is 15.4. The molecule has 5 heteroatoms. The van der Waals surface area contributed by atoms with Crippen LogP contribution in [0.15, 0.2) is 58.3 Å². The summed E-state index contributed by atoms with van der Waals surface area (Å²) in [7, 11) is 0. The standard InChI is InChI=1S/C21H18N2O2S/c1-13-7-9-15(10-8-13)22-19(24)11-20-23-17(12-26-20)21-14(2)16-5-3-4-6-18(16)25-21/h3-10,12H,11H2,1-2H3,(H,22,24). The Kier molecular flexibility index (Phi) is 4.31. The lowest BCUT2D eigenvalue weighted by Crippen LogP contribution is -2.14. The van der Waals surface area contributed by atoms with Crippen LogP contribution in [-0.2, 0) is 11.2 Å². The van der Waals surface area contributed by atoms with Gasteiger partial charge >= 0.3 is 0 Å². The summed E-state index contributed by atoms with van der Waals surface area (Å²) in [6.45, 7) is 4.05. The summed E-state index contributed by atoms with van der Waals surface area (Å²) in [5, 5.41) is 6.71. The second-order valence-electron chi connectivity index (χ2n) is 6.27. The van der Waals surface area contributed by atoms with Crippen molar-refractivity contribution in [2.45, 2.75) is 20.3 Å². The quantitative estimate of drug-likeness (QED) is 0.532. The normalized spacial score (nSPS) is 11.0. The lowest BCUT2D eigenvalue weighted by molar-refractivity contribution is -0.115. The van der Waals surface area contributed by atoms with Crippen molar-refractivity contribution in [1.82, 2.24) is 4.98 Å². The van der Waals surface area contributed by atoms with Gasteiger partial charge < -0.3 is 9.73 Å². The molecule has 4 nitrogen and oxygen atoms in total. The summed E-state index contributed by atoms with van der Waals surface area (Å²) in [5.41, 5.74) is 4.66. The van der Waals surface area contributed by atoms with E-state index in [0.29, 0.717) is 0 Å². The molecule has 1 N–H and O–H groups in total. The zero-order valence-electron chi connectivity index (χ0n) is 14.6. The highest BCUT2D eigenvalue weighted by molar-refractivity contribution is 7.10. The molecule has 0 bridgehead atoms. The van der Waals surface area contributed by atoms with Crippen LogP contribution in [0.3, 0.4) is 0 Å². The molecule has 4 aromatic rings. The molecule has 0 spiro atoms. The van der Waals surface area contributed by atoms with Crippen LogP contribution >= 0.6 is 11.3 Å². The Balaban J connectivity index is 1.51. The van der Waals surface area contributed by atoms with E-state index in [1.54, 1.807) is 0 Å². The molecule has 130 valence electrons. The van der Waals surface area contributed by atoms with E-state index >= 15 is 0 Å². The fourth-order valence-electron chi connectivity index (χ4n) is 2.89.